The molecule has 1 saturated heterocycles. The van der Waals surface area contributed by atoms with Crippen LogP contribution in [0.25, 0.3) is 10.2 Å². The number of carbonyl (C=O) groups is 1. The molecule has 0 bridgehead atoms. The number of benzene rings is 2. The van der Waals surface area contributed by atoms with Crippen molar-refractivity contribution in [2.75, 3.05) is 11.9 Å². The number of fused-ring (bicyclic) bond motifs is 1. The van der Waals surface area contributed by atoms with Crippen LogP contribution in [0.1, 0.15) is 35.0 Å². The zero-order valence-corrected chi connectivity index (χ0v) is 15.3. The first-order chi connectivity index (χ1) is 12.1. The van der Waals surface area contributed by atoms with Crippen LogP contribution in [0.5, 0.6) is 0 Å². The van der Waals surface area contributed by atoms with Gasteiger partial charge < -0.3 is 10.2 Å². The number of amides is 2. The van der Waals surface area contributed by atoms with Gasteiger partial charge in [-0.05, 0) is 56.0 Å². The molecule has 1 unspecified atom stereocenters. The Balaban J connectivity index is 1.58. The number of aryl methyl sites for hydroxylation is 1. The highest BCUT2D eigenvalue weighted by atomic mass is 32.1. The molecule has 4 rings (SSSR count). The number of anilines is 1. The fraction of sp³-hybridized carbons (Fsp3) is 0.300. The first-order valence-corrected chi connectivity index (χ1v) is 9.44. The summed E-state index contributed by atoms with van der Waals surface area (Å²) >= 11 is 1.69. The van der Waals surface area contributed by atoms with Crippen molar-refractivity contribution in [3.8, 4) is 0 Å². The molecule has 0 spiro atoms. The molecule has 1 aliphatic rings. The lowest BCUT2D eigenvalue weighted by Gasteiger charge is -2.24. The zero-order valence-electron chi connectivity index (χ0n) is 14.5. The number of thiazole rings is 1. The van der Waals surface area contributed by atoms with E-state index in [1.54, 1.807) is 11.3 Å². The highest BCUT2D eigenvalue weighted by Crippen LogP contribution is 2.36. The topological polar surface area (TPSA) is 45.2 Å². The summed E-state index contributed by atoms with van der Waals surface area (Å²) in [4.78, 5) is 19.6. The monoisotopic (exact) mass is 351 g/mol. The Labute approximate surface area is 151 Å². The van der Waals surface area contributed by atoms with Gasteiger partial charge in [-0.1, -0.05) is 24.3 Å². The maximum Gasteiger partial charge on any atom is 0.322 e. The number of nitrogens with zero attached hydrogens (tertiary/aromatic N) is 2. The van der Waals surface area contributed by atoms with E-state index >= 15 is 0 Å². The fourth-order valence-corrected chi connectivity index (χ4v) is 4.49. The van der Waals surface area contributed by atoms with E-state index in [1.807, 2.05) is 42.2 Å². The van der Waals surface area contributed by atoms with Crippen molar-refractivity contribution in [2.45, 2.75) is 32.7 Å². The van der Waals surface area contributed by atoms with E-state index in [1.165, 1.54) is 10.3 Å². The quantitative estimate of drug-likeness (QED) is 0.682. The summed E-state index contributed by atoms with van der Waals surface area (Å²) in [5.41, 5.74) is 4.21. The minimum absolute atomic E-state index is 0.0320. The number of nitrogens with one attached hydrogen (secondary N) is 1. The van der Waals surface area contributed by atoms with Gasteiger partial charge in [-0.25, -0.2) is 9.78 Å². The van der Waals surface area contributed by atoms with Gasteiger partial charge in [-0.15, -0.1) is 11.3 Å². The van der Waals surface area contributed by atoms with E-state index in [2.05, 4.69) is 24.4 Å². The highest BCUT2D eigenvalue weighted by molar-refractivity contribution is 7.18. The Hall–Kier alpha value is -2.40. The summed E-state index contributed by atoms with van der Waals surface area (Å²) in [6.07, 6.45) is 1.99. The van der Waals surface area contributed by atoms with Crippen LogP contribution in [-0.2, 0) is 0 Å². The lowest BCUT2D eigenvalue weighted by Crippen LogP contribution is -2.34. The van der Waals surface area contributed by atoms with E-state index in [0.29, 0.717) is 0 Å². The average Bonchev–Trinajstić information content (AvgIpc) is 3.25. The number of hydrogen-bond donors (Lipinski definition) is 1. The van der Waals surface area contributed by atoms with Crippen molar-refractivity contribution >= 4 is 33.3 Å². The predicted octanol–water partition coefficient (Wildman–Crippen LogP) is 5.28. The molecule has 1 N–H and O–H groups in total. The standard InChI is InChI=1S/C20H21N3OS/c1-13-7-5-9-15(14(13)2)22-20(24)23-12-6-10-17(23)19-21-16-8-3-4-11-18(16)25-19/h3-5,7-9,11,17H,6,10,12H2,1-2H3,(H,22,24). The van der Waals surface area contributed by atoms with Gasteiger partial charge in [-0.3, -0.25) is 0 Å². The van der Waals surface area contributed by atoms with Crippen molar-refractivity contribution in [1.82, 2.24) is 9.88 Å². The van der Waals surface area contributed by atoms with Crippen molar-refractivity contribution in [3.05, 3.63) is 58.6 Å². The third-order valence-corrected chi connectivity index (χ3v) is 6.09. The minimum atomic E-state index is -0.0320. The number of carbonyl (C=O) groups excluding carboxylic acids is 1. The third-order valence-electron chi connectivity index (χ3n) is 4.96. The minimum Gasteiger partial charge on any atom is -0.315 e. The molecule has 0 aliphatic carbocycles. The molecule has 4 nitrogen and oxygen atoms in total. The van der Waals surface area contributed by atoms with Crippen LogP contribution in [0.3, 0.4) is 0 Å². The largest absolute Gasteiger partial charge is 0.322 e. The first kappa shape index (κ1) is 16.1. The molecular weight excluding hydrogens is 330 g/mol. The Morgan fingerprint density at radius 2 is 2.04 bits per heavy atom. The normalized spacial score (nSPS) is 17.2. The molecule has 1 atom stereocenters. The molecule has 5 heteroatoms. The summed E-state index contributed by atoms with van der Waals surface area (Å²) < 4.78 is 1.18. The fourth-order valence-electron chi connectivity index (χ4n) is 3.37. The molecule has 2 heterocycles. The Kier molecular flexibility index (Phi) is 4.17. The molecule has 3 aromatic rings. The van der Waals surface area contributed by atoms with Gasteiger partial charge in [0, 0.05) is 12.2 Å². The number of aromatic nitrogens is 1. The summed E-state index contributed by atoms with van der Waals surface area (Å²) in [7, 11) is 0. The molecule has 0 radical (unpaired) electrons. The van der Waals surface area contributed by atoms with Crippen LogP contribution in [0, 0.1) is 13.8 Å². The zero-order chi connectivity index (χ0) is 17.4. The summed E-state index contributed by atoms with van der Waals surface area (Å²) in [5, 5.41) is 4.13. The Bertz CT molecular complexity index is 901. The average molecular weight is 351 g/mol. The number of urea groups is 1. The van der Waals surface area contributed by atoms with Gasteiger partial charge in [0.25, 0.3) is 0 Å². The first-order valence-electron chi connectivity index (χ1n) is 8.63. The van der Waals surface area contributed by atoms with Gasteiger partial charge in [0.1, 0.15) is 5.01 Å². The van der Waals surface area contributed by atoms with Crippen LogP contribution >= 0.6 is 11.3 Å². The second-order valence-electron chi connectivity index (χ2n) is 6.55. The van der Waals surface area contributed by atoms with Crippen LogP contribution < -0.4 is 5.32 Å². The van der Waals surface area contributed by atoms with Crippen LogP contribution in [-0.4, -0.2) is 22.5 Å². The van der Waals surface area contributed by atoms with Crippen molar-refractivity contribution in [1.29, 1.82) is 0 Å². The van der Waals surface area contributed by atoms with Gasteiger partial charge in [-0.2, -0.15) is 0 Å². The number of likely N-dealkylation sites (tertiary alicyclic amines) is 1. The summed E-state index contributed by atoms with van der Waals surface area (Å²) in [6, 6.07) is 14.2. The molecule has 1 fully saturated rings. The van der Waals surface area contributed by atoms with Crippen LogP contribution in [0.15, 0.2) is 42.5 Å². The van der Waals surface area contributed by atoms with E-state index < -0.39 is 0 Å². The van der Waals surface area contributed by atoms with E-state index in [0.717, 1.165) is 41.2 Å². The van der Waals surface area contributed by atoms with Crippen LogP contribution in [0.2, 0.25) is 0 Å². The number of rotatable bonds is 2. The van der Waals surface area contributed by atoms with E-state index in [-0.39, 0.29) is 12.1 Å². The molecule has 1 aliphatic heterocycles. The maximum atomic E-state index is 12.9. The van der Waals surface area contributed by atoms with Crippen molar-refractivity contribution in [3.63, 3.8) is 0 Å². The predicted molar refractivity (Wildman–Crippen MR) is 103 cm³/mol. The SMILES string of the molecule is Cc1cccc(NC(=O)N2CCCC2c2nc3ccccc3s2)c1C. The molecule has 2 aromatic carbocycles. The van der Waals surface area contributed by atoms with Gasteiger partial charge >= 0.3 is 6.03 Å². The molecule has 0 saturated carbocycles. The Morgan fingerprint density at radius 3 is 2.88 bits per heavy atom. The van der Waals surface area contributed by atoms with E-state index in [4.69, 9.17) is 4.98 Å². The smallest absolute Gasteiger partial charge is 0.315 e. The van der Waals surface area contributed by atoms with Gasteiger partial charge in [0.05, 0.1) is 16.3 Å². The van der Waals surface area contributed by atoms with Crippen molar-refractivity contribution in [2.24, 2.45) is 0 Å². The number of para-hydroxylation sites is 1. The third kappa shape index (κ3) is 3.00. The van der Waals surface area contributed by atoms with Crippen molar-refractivity contribution < 1.29 is 4.79 Å². The van der Waals surface area contributed by atoms with Gasteiger partial charge in [0.2, 0.25) is 0 Å². The van der Waals surface area contributed by atoms with E-state index in [9.17, 15) is 4.79 Å². The maximum absolute atomic E-state index is 12.9. The molecule has 25 heavy (non-hydrogen) atoms. The highest BCUT2D eigenvalue weighted by Gasteiger charge is 2.32. The summed E-state index contributed by atoms with van der Waals surface area (Å²) in [6.45, 7) is 4.88. The lowest BCUT2D eigenvalue weighted by molar-refractivity contribution is 0.207. The molecule has 128 valence electrons. The number of hydrogen-bond acceptors (Lipinski definition) is 3. The summed E-state index contributed by atoms with van der Waals surface area (Å²) in [5.74, 6) is 0. The molecule has 1 aromatic heterocycles. The molecular formula is C20H21N3OS. The second kappa shape index (κ2) is 6.48. The van der Waals surface area contributed by atoms with Gasteiger partial charge in [0.15, 0.2) is 0 Å². The second-order valence-corrected chi connectivity index (χ2v) is 7.61. The Morgan fingerprint density at radius 1 is 1.20 bits per heavy atom. The lowest BCUT2D eigenvalue weighted by atomic mass is 10.1. The molecule has 2 amide bonds. The van der Waals surface area contributed by atoms with Crippen LogP contribution in [0.4, 0.5) is 10.5 Å².